The van der Waals surface area contributed by atoms with Gasteiger partial charge in [-0.1, -0.05) is 11.8 Å². The van der Waals surface area contributed by atoms with Crippen LogP contribution in [0.2, 0.25) is 0 Å². The van der Waals surface area contributed by atoms with Crippen LogP contribution in [0.4, 0.5) is 10.7 Å². The van der Waals surface area contributed by atoms with E-state index in [0.717, 1.165) is 11.8 Å². The standard InChI is InChI=1S/C5H8N6O2S/c6-3-9-5(11-10-3)14-1-2(12)8-4(7)13/h1H2,(H3,6,9,10,11)(H3,7,8,12,13). The van der Waals surface area contributed by atoms with Gasteiger partial charge in [0.25, 0.3) is 0 Å². The predicted molar refractivity (Wildman–Crippen MR) is 49.2 cm³/mol. The van der Waals surface area contributed by atoms with Gasteiger partial charge in [0.1, 0.15) is 0 Å². The molecule has 0 spiro atoms. The normalized spacial score (nSPS) is 9.71. The van der Waals surface area contributed by atoms with E-state index in [1.54, 1.807) is 0 Å². The molecule has 0 radical (unpaired) electrons. The average molecular weight is 216 g/mol. The summed E-state index contributed by atoms with van der Waals surface area (Å²) in [6.45, 7) is 0. The number of imide groups is 1. The molecule has 0 fully saturated rings. The number of aromatic amines is 1. The monoisotopic (exact) mass is 216 g/mol. The Labute approximate surface area is 82.8 Å². The van der Waals surface area contributed by atoms with Crippen molar-refractivity contribution >= 4 is 29.6 Å². The molecule has 1 aromatic rings. The van der Waals surface area contributed by atoms with Crippen molar-refractivity contribution in [2.45, 2.75) is 5.16 Å². The minimum absolute atomic E-state index is 0.000231. The van der Waals surface area contributed by atoms with E-state index >= 15 is 0 Å². The second kappa shape index (κ2) is 4.46. The molecule has 8 nitrogen and oxygen atoms in total. The molecule has 0 saturated carbocycles. The van der Waals surface area contributed by atoms with E-state index in [9.17, 15) is 9.59 Å². The summed E-state index contributed by atoms with van der Waals surface area (Å²) in [6, 6.07) is -0.884. The average Bonchev–Trinajstić information content (AvgIpc) is 2.47. The number of H-pyrrole nitrogens is 1. The Morgan fingerprint density at radius 3 is 2.79 bits per heavy atom. The molecule has 76 valence electrons. The number of hydrogen-bond donors (Lipinski definition) is 4. The van der Waals surface area contributed by atoms with E-state index in [1.165, 1.54) is 0 Å². The number of amides is 3. The van der Waals surface area contributed by atoms with Crippen LogP contribution in [0.15, 0.2) is 5.16 Å². The molecule has 0 unspecified atom stereocenters. The maximum atomic E-state index is 10.9. The van der Waals surface area contributed by atoms with E-state index in [4.69, 9.17) is 11.5 Å². The summed E-state index contributed by atoms with van der Waals surface area (Å²) in [5, 5.41) is 8.32. The second-order valence-electron chi connectivity index (χ2n) is 2.20. The third-order valence-electron chi connectivity index (χ3n) is 1.08. The quantitative estimate of drug-likeness (QED) is 0.462. The van der Waals surface area contributed by atoms with Crippen molar-refractivity contribution in [3.63, 3.8) is 0 Å². The van der Waals surface area contributed by atoms with Crippen LogP contribution in [-0.4, -0.2) is 32.9 Å². The molecule has 0 saturated heterocycles. The van der Waals surface area contributed by atoms with Crippen molar-refractivity contribution in [1.82, 2.24) is 20.5 Å². The van der Waals surface area contributed by atoms with E-state index in [2.05, 4.69) is 15.2 Å². The van der Waals surface area contributed by atoms with Gasteiger partial charge < -0.3 is 11.5 Å². The third kappa shape index (κ3) is 3.31. The number of urea groups is 1. The van der Waals surface area contributed by atoms with Crippen molar-refractivity contribution in [2.24, 2.45) is 5.73 Å². The van der Waals surface area contributed by atoms with Gasteiger partial charge in [-0.2, -0.15) is 4.98 Å². The van der Waals surface area contributed by atoms with Crippen LogP contribution in [0, 0.1) is 0 Å². The van der Waals surface area contributed by atoms with Crippen LogP contribution in [0.3, 0.4) is 0 Å². The fourth-order valence-electron chi connectivity index (χ4n) is 0.626. The van der Waals surface area contributed by atoms with Crippen molar-refractivity contribution < 1.29 is 9.59 Å². The highest BCUT2D eigenvalue weighted by atomic mass is 32.2. The summed E-state index contributed by atoms with van der Waals surface area (Å²) >= 11 is 1.04. The minimum atomic E-state index is -0.884. The van der Waals surface area contributed by atoms with E-state index in [1.807, 2.05) is 5.32 Å². The van der Waals surface area contributed by atoms with Crippen LogP contribution in [0.25, 0.3) is 0 Å². The van der Waals surface area contributed by atoms with Crippen molar-refractivity contribution in [1.29, 1.82) is 0 Å². The third-order valence-corrected chi connectivity index (χ3v) is 1.92. The first-order chi connectivity index (χ1) is 6.58. The molecule has 1 heterocycles. The topological polar surface area (TPSA) is 140 Å². The molecular weight excluding hydrogens is 208 g/mol. The number of nitrogens with one attached hydrogen (secondary N) is 2. The van der Waals surface area contributed by atoms with Crippen molar-refractivity contribution in [3.8, 4) is 0 Å². The first-order valence-electron chi connectivity index (χ1n) is 3.48. The number of anilines is 1. The van der Waals surface area contributed by atoms with Gasteiger partial charge in [-0.05, 0) is 0 Å². The summed E-state index contributed by atoms with van der Waals surface area (Å²) in [5.74, 6) is -0.339. The first-order valence-corrected chi connectivity index (χ1v) is 4.46. The van der Waals surface area contributed by atoms with Crippen LogP contribution in [-0.2, 0) is 4.79 Å². The molecule has 0 aliphatic heterocycles. The number of thioether (sulfide) groups is 1. The largest absolute Gasteiger partial charge is 0.368 e. The Morgan fingerprint density at radius 1 is 1.57 bits per heavy atom. The molecule has 0 aromatic carbocycles. The lowest BCUT2D eigenvalue weighted by atomic mass is 10.7. The molecule has 0 bridgehead atoms. The first kappa shape index (κ1) is 10.3. The summed E-state index contributed by atoms with van der Waals surface area (Å²) in [7, 11) is 0. The molecule has 6 N–H and O–H groups in total. The molecular formula is C5H8N6O2S. The van der Waals surface area contributed by atoms with E-state index < -0.39 is 11.9 Å². The molecule has 14 heavy (non-hydrogen) atoms. The lowest BCUT2D eigenvalue weighted by molar-refractivity contribution is -0.117. The van der Waals surface area contributed by atoms with Crippen molar-refractivity contribution in [3.05, 3.63) is 0 Å². The Balaban J connectivity index is 2.34. The van der Waals surface area contributed by atoms with Gasteiger partial charge in [0, 0.05) is 0 Å². The zero-order chi connectivity index (χ0) is 10.6. The molecule has 0 atom stereocenters. The van der Waals surface area contributed by atoms with Gasteiger partial charge in [-0.25, -0.2) is 9.89 Å². The molecule has 0 aliphatic rings. The van der Waals surface area contributed by atoms with Gasteiger partial charge in [-0.3, -0.25) is 10.1 Å². The molecule has 9 heteroatoms. The zero-order valence-electron chi connectivity index (χ0n) is 6.98. The molecule has 1 rings (SSSR count). The van der Waals surface area contributed by atoms with E-state index in [0.29, 0.717) is 5.16 Å². The Morgan fingerprint density at radius 2 is 2.29 bits per heavy atom. The van der Waals surface area contributed by atoms with Gasteiger partial charge >= 0.3 is 6.03 Å². The van der Waals surface area contributed by atoms with Gasteiger partial charge in [0.2, 0.25) is 17.0 Å². The summed E-state index contributed by atoms with van der Waals surface area (Å²) in [6.07, 6.45) is 0. The minimum Gasteiger partial charge on any atom is -0.368 e. The molecule has 1 aromatic heterocycles. The zero-order valence-corrected chi connectivity index (χ0v) is 7.80. The smallest absolute Gasteiger partial charge is 0.318 e. The number of carbonyl (C=O) groups is 2. The highest BCUT2D eigenvalue weighted by Crippen LogP contribution is 2.11. The van der Waals surface area contributed by atoms with Crippen molar-refractivity contribution in [2.75, 3.05) is 11.5 Å². The van der Waals surface area contributed by atoms with Gasteiger partial charge in [0.05, 0.1) is 5.75 Å². The summed E-state index contributed by atoms with van der Waals surface area (Å²) in [4.78, 5) is 24.9. The number of nitrogen functional groups attached to an aromatic ring is 1. The number of aromatic nitrogens is 3. The van der Waals surface area contributed by atoms with Gasteiger partial charge in [-0.15, -0.1) is 5.10 Å². The fourth-order valence-corrected chi connectivity index (χ4v) is 1.23. The summed E-state index contributed by atoms with van der Waals surface area (Å²) in [5.41, 5.74) is 9.98. The highest BCUT2D eigenvalue weighted by Gasteiger charge is 2.07. The van der Waals surface area contributed by atoms with Gasteiger partial charge in [0.15, 0.2) is 0 Å². The molecule has 0 aliphatic carbocycles. The number of primary amides is 1. The maximum Gasteiger partial charge on any atom is 0.318 e. The maximum absolute atomic E-state index is 10.9. The predicted octanol–water partition coefficient (Wildman–Crippen LogP) is -1.33. The lowest BCUT2D eigenvalue weighted by Crippen LogP contribution is -2.36. The molecule has 3 amide bonds. The Bertz CT molecular complexity index is 350. The van der Waals surface area contributed by atoms with E-state index in [-0.39, 0.29) is 11.7 Å². The number of carbonyl (C=O) groups excluding carboxylic acids is 2. The number of nitrogens with two attached hydrogens (primary N) is 2. The second-order valence-corrected chi connectivity index (χ2v) is 3.15. The Kier molecular flexibility index (Phi) is 3.29. The van der Waals surface area contributed by atoms with Crippen LogP contribution in [0.5, 0.6) is 0 Å². The summed E-state index contributed by atoms with van der Waals surface area (Å²) < 4.78 is 0. The number of nitrogens with zero attached hydrogens (tertiary/aromatic N) is 2. The fraction of sp³-hybridized carbons (Fsp3) is 0.200. The van der Waals surface area contributed by atoms with Crippen LogP contribution in [0.1, 0.15) is 0 Å². The number of rotatable bonds is 3. The Hall–Kier alpha value is -1.77. The van der Waals surface area contributed by atoms with Crippen LogP contribution >= 0.6 is 11.8 Å². The number of hydrogen-bond acceptors (Lipinski definition) is 6. The highest BCUT2D eigenvalue weighted by molar-refractivity contribution is 7.99. The lowest BCUT2D eigenvalue weighted by Gasteiger charge is -1.96. The van der Waals surface area contributed by atoms with Crippen LogP contribution < -0.4 is 16.8 Å². The SMILES string of the molecule is NC(=O)NC(=O)CSc1n[nH]c(N)n1.